The van der Waals surface area contributed by atoms with Crippen LogP contribution in [-0.4, -0.2) is 37.3 Å². The number of sulfonamides is 1. The number of non-ortho nitro benzene ring substituents is 1. The summed E-state index contributed by atoms with van der Waals surface area (Å²) < 4.78 is 27.5. The fourth-order valence-corrected chi connectivity index (χ4v) is 6.03. The summed E-state index contributed by atoms with van der Waals surface area (Å²) in [6, 6.07) is 15.2. The third kappa shape index (κ3) is 2.84. The Balaban J connectivity index is 1.57. The molecule has 4 rings (SSSR count). The van der Waals surface area contributed by atoms with E-state index in [0.717, 1.165) is 6.42 Å². The Labute approximate surface area is 158 Å². The van der Waals surface area contributed by atoms with Gasteiger partial charge in [0, 0.05) is 25.2 Å². The second-order valence-corrected chi connectivity index (χ2v) is 9.23. The summed E-state index contributed by atoms with van der Waals surface area (Å²) in [5.41, 5.74) is 7.15. The van der Waals surface area contributed by atoms with Crippen molar-refractivity contribution < 1.29 is 13.3 Å². The first-order valence-corrected chi connectivity index (χ1v) is 10.3. The minimum absolute atomic E-state index is 0.0250. The molecule has 0 amide bonds. The average Bonchev–Trinajstić information content (AvgIpc) is 3.37. The third-order valence-electron chi connectivity index (χ3n) is 6.10. The molecule has 2 aromatic carbocycles. The molecule has 7 nitrogen and oxygen atoms in total. The summed E-state index contributed by atoms with van der Waals surface area (Å²) in [6.07, 6.45) is 0.722. The predicted octanol–water partition coefficient (Wildman–Crippen LogP) is 2.35. The predicted molar refractivity (Wildman–Crippen MR) is 101 cm³/mol. The molecule has 0 unspecified atom stereocenters. The summed E-state index contributed by atoms with van der Waals surface area (Å²) in [5.74, 6) is 0.479. The molecule has 2 fully saturated rings. The van der Waals surface area contributed by atoms with Gasteiger partial charge in [-0.2, -0.15) is 4.31 Å². The van der Waals surface area contributed by atoms with E-state index in [4.69, 9.17) is 5.73 Å². The highest BCUT2D eigenvalue weighted by Crippen LogP contribution is 2.68. The van der Waals surface area contributed by atoms with Gasteiger partial charge >= 0.3 is 0 Å². The molecule has 1 aliphatic carbocycles. The van der Waals surface area contributed by atoms with Crippen molar-refractivity contribution >= 4 is 15.7 Å². The van der Waals surface area contributed by atoms with Gasteiger partial charge in [0.15, 0.2) is 0 Å². The van der Waals surface area contributed by atoms with Gasteiger partial charge in [-0.25, -0.2) is 8.42 Å². The lowest BCUT2D eigenvalue weighted by atomic mass is 9.93. The number of nitro benzene ring substituents is 1. The second-order valence-electron chi connectivity index (χ2n) is 7.30. The van der Waals surface area contributed by atoms with E-state index in [9.17, 15) is 18.5 Å². The van der Waals surface area contributed by atoms with E-state index in [1.165, 1.54) is 34.1 Å². The Morgan fingerprint density at radius 3 is 2.41 bits per heavy atom. The van der Waals surface area contributed by atoms with Gasteiger partial charge in [0.25, 0.3) is 5.69 Å². The van der Waals surface area contributed by atoms with Crippen molar-refractivity contribution in [2.24, 2.45) is 17.1 Å². The van der Waals surface area contributed by atoms with Gasteiger partial charge in [-0.3, -0.25) is 10.1 Å². The van der Waals surface area contributed by atoms with E-state index in [1.807, 2.05) is 18.2 Å². The molecule has 142 valence electrons. The van der Waals surface area contributed by atoms with Gasteiger partial charge in [-0.05, 0) is 47.9 Å². The summed E-state index contributed by atoms with van der Waals surface area (Å²) >= 11 is 0. The molecule has 0 spiro atoms. The van der Waals surface area contributed by atoms with E-state index in [2.05, 4.69) is 12.1 Å². The van der Waals surface area contributed by atoms with Crippen molar-refractivity contribution in [2.75, 3.05) is 19.6 Å². The van der Waals surface area contributed by atoms with E-state index >= 15 is 0 Å². The van der Waals surface area contributed by atoms with Crippen LogP contribution in [0, 0.1) is 21.4 Å². The summed E-state index contributed by atoms with van der Waals surface area (Å²) in [5, 5.41) is 10.8. The first-order chi connectivity index (χ1) is 12.9. The number of nitro groups is 1. The van der Waals surface area contributed by atoms with E-state index < -0.39 is 14.9 Å². The summed E-state index contributed by atoms with van der Waals surface area (Å²) in [4.78, 5) is 10.3. The number of hydrogen-bond acceptors (Lipinski definition) is 5. The van der Waals surface area contributed by atoms with Gasteiger partial charge in [0.05, 0.1) is 9.82 Å². The van der Waals surface area contributed by atoms with Crippen LogP contribution in [0.25, 0.3) is 0 Å². The van der Waals surface area contributed by atoms with Crippen LogP contribution in [0.4, 0.5) is 5.69 Å². The van der Waals surface area contributed by atoms with Crippen LogP contribution in [0.15, 0.2) is 59.5 Å². The molecule has 2 aliphatic rings. The lowest BCUT2D eigenvalue weighted by Crippen LogP contribution is -2.41. The number of rotatable bonds is 5. The fraction of sp³-hybridized carbons (Fsp3) is 0.368. The highest BCUT2D eigenvalue weighted by molar-refractivity contribution is 7.89. The van der Waals surface area contributed by atoms with Crippen LogP contribution in [0.5, 0.6) is 0 Å². The quantitative estimate of drug-likeness (QED) is 0.626. The van der Waals surface area contributed by atoms with E-state index in [1.54, 1.807) is 0 Å². The fourth-order valence-electron chi connectivity index (χ4n) is 4.56. The van der Waals surface area contributed by atoms with E-state index in [0.29, 0.717) is 19.6 Å². The second kappa shape index (κ2) is 6.40. The molecule has 27 heavy (non-hydrogen) atoms. The van der Waals surface area contributed by atoms with Crippen LogP contribution in [0.1, 0.15) is 17.9 Å². The van der Waals surface area contributed by atoms with Gasteiger partial charge in [0.1, 0.15) is 0 Å². The Morgan fingerprint density at radius 2 is 1.81 bits per heavy atom. The van der Waals surface area contributed by atoms with Crippen LogP contribution in [-0.2, 0) is 10.0 Å². The Bertz CT molecular complexity index is 962. The Hall–Kier alpha value is -2.29. The molecule has 8 heteroatoms. The van der Waals surface area contributed by atoms with Gasteiger partial charge in [0.2, 0.25) is 10.0 Å². The number of hydrogen-bond donors (Lipinski definition) is 1. The molecular formula is C19H21N3O4S. The number of benzene rings is 2. The summed E-state index contributed by atoms with van der Waals surface area (Å²) in [7, 11) is -3.68. The molecule has 3 atom stereocenters. The van der Waals surface area contributed by atoms with Crippen molar-refractivity contribution in [2.45, 2.75) is 17.2 Å². The van der Waals surface area contributed by atoms with Crippen molar-refractivity contribution in [3.63, 3.8) is 0 Å². The van der Waals surface area contributed by atoms with Crippen LogP contribution in [0.3, 0.4) is 0 Å². The van der Waals surface area contributed by atoms with Crippen LogP contribution < -0.4 is 5.73 Å². The topological polar surface area (TPSA) is 107 Å². The molecule has 1 aliphatic heterocycles. The SMILES string of the molecule is NC[C@@]12CCN(S(=O)(=O)c3ccc([N+](=O)[O-])cc3)C[C@@H]1[C@H]2c1ccccc1. The third-order valence-corrected chi connectivity index (χ3v) is 7.98. The first kappa shape index (κ1) is 18.1. The summed E-state index contributed by atoms with van der Waals surface area (Å²) in [6.45, 7) is 1.38. The number of fused-ring (bicyclic) bond motifs is 1. The van der Waals surface area contributed by atoms with E-state index in [-0.39, 0.29) is 27.8 Å². The standard InChI is InChI=1S/C19H21N3O4S/c20-13-19-10-11-21(12-17(19)18(19)14-4-2-1-3-5-14)27(25,26)16-8-6-15(7-9-16)22(23)24/h1-9,17-18H,10-13,20H2/t17-,18-,19+/m1/s1. The van der Waals surface area contributed by atoms with Crippen molar-refractivity contribution in [3.05, 3.63) is 70.3 Å². The molecule has 1 heterocycles. The molecule has 1 saturated carbocycles. The molecule has 2 N–H and O–H groups in total. The molecule has 0 radical (unpaired) electrons. The zero-order chi connectivity index (χ0) is 19.2. The zero-order valence-corrected chi connectivity index (χ0v) is 15.5. The average molecular weight is 387 g/mol. The first-order valence-electron chi connectivity index (χ1n) is 8.90. The van der Waals surface area contributed by atoms with Crippen LogP contribution >= 0.6 is 0 Å². The number of nitrogens with two attached hydrogens (primary N) is 1. The maximum absolute atomic E-state index is 13.0. The lowest BCUT2D eigenvalue weighted by Gasteiger charge is -2.30. The largest absolute Gasteiger partial charge is 0.330 e. The van der Waals surface area contributed by atoms with Gasteiger partial charge in [-0.1, -0.05) is 30.3 Å². The monoisotopic (exact) mass is 387 g/mol. The molecule has 0 aromatic heterocycles. The minimum Gasteiger partial charge on any atom is -0.330 e. The maximum Gasteiger partial charge on any atom is 0.269 e. The number of piperidine rings is 1. The van der Waals surface area contributed by atoms with Crippen molar-refractivity contribution in [1.29, 1.82) is 0 Å². The molecule has 1 saturated heterocycles. The Morgan fingerprint density at radius 1 is 1.15 bits per heavy atom. The normalized spacial score (nSPS) is 27.7. The smallest absolute Gasteiger partial charge is 0.269 e. The highest BCUT2D eigenvalue weighted by atomic mass is 32.2. The van der Waals surface area contributed by atoms with Crippen molar-refractivity contribution in [1.82, 2.24) is 4.31 Å². The zero-order valence-electron chi connectivity index (χ0n) is 14.7. The van der Waals surface area contributed by atoms with Crippen LogP contribution in [0.2, 0.25) is 0 Å². The van der Waals surface area contributed by atoms with Crippen molar-refractivity contribution in [3.8, 4) is 0 Å². The lowest BCUT2D eigenvalue weighted by molar-refractivity contribution is -0.384. The number of nitrogens with zero attached hydrogens (tertiary/aromatic N) is 2. The highest BCUT2D eigenvalue weighted by Gasteiger charge is 2.66. The van der Waals surface area contributed by atoms with Gasteiger partial charge in [-0.15, -0.1) is 0 Å². The molecule has 0 bridgehead atoms. The van der Waals surface area contributed by atoms with Gasteiger partial charge < -0.3 is 5.73 Å². The Kier molecular flexibility index (Phi) is 4.29. The molecular weight excluding hydrogens is 366 g/mol. The maximum atomic E-state index is 13.0. The minimum atomic E-state index is -3.68. The molecule has 2 aromatic rings.